The highest BCUT2D eigenvalue weighted by molar-refractivity contribution is 5.69. The van der Waals surface area contributed by atoms with Gasteiger partial charge in [-0.2, -0.15) is 0 Å². The SMILES string of the molecule is CCC/C=C\CCCCCCCC(=O)OC(COCCCCCCCCCCCC/C=C\C/C=C\CCCCC)COC1OC(COC2OC(CO)C(O)C(O)C2O)C(O)C(O)C1O. The molecule has 0 amide bonds. The Morgan fingerprint density at radius 2 is 1.00 bits per heavy atom. The molecule has 7 N–H and O–H groups in total. The summed E-state index contributed by atoms with van der Waals surface area (Å²) in [6, 6.07) is 0. The molecule has 2 saturated heterocycles. The van der Waals surface area contributed by atoms with Crippen LogP contribution in [-0.4, -0.2) is 142 Å². The molecule has 0 bridgehead atoms. The fraction of sp³-hybridized carbons (Fsp3) is 0.860. The zero-order valence-electron chi connectivity index (χ0n) is 39.5. The summed E-state index contributed by atoms with van der Waals surface area (Å²) >= 11 is 0. The van der Waals surface area contributed by atoms with Crippen molar-refractivity contribution < 1.29 is 69.0 Å². The molecule has 0 aromatic carbocycles. The van der Waals surface area contributed by atoms with E-state index in [4.69, 9.17) is 28.4 Å². The van der Waals surface area contributed by atoms with E-state index in [1.54, 1.807) is 0 Å². The summed E-state index contributed by atoms with van der Waals surface area (Å²) in [6.07, 6.45) is 25.0. The van der Waals surface area contributed by atoms with Gasteiger partial charge in [0.2, 0.25) is 0 Å². The van der Waals surface area contributed by atoms with Gasteiger partial charge in [0, 0.05) is 13.0 Å². The van der Waals surface area contributed by atoms with Gasteiger partial charge in [-0.05, 0) is 64.2 Å². The lowest BCUT2D eigenvalue weighted by Crippen LogP contribution is -2.61. The Hall–Kier alpha value is -1.79. The average Bonchev–Trinajstić information content (AvgIpc) is 3.29. The minimum Gasteiger partial charge on any atom is -0.457 e. The average molecular weight is 915 g/mol. The second kappa shape index (κ2) is 38.2. The number of allylic oxidation sites excluding steroid dienone is 6. The van der Waals surface area contributed by atoms with Gasteiger partial charge < -0.3 is 64.2 Å². The van der Waals surface area contributed by atoms with Crippen LogP contribution in [0.4, 0.5) is 0 Å². The molecule has 2 aliphatic heterocycles. The molecule has 0 aromatic heterocycles. The Morgan fingerprint density at radius 3 is 1.58 bits per heavy atom. The maximum absolute atomic E-state index is 12.9. The zero-order valence-corrected chi connectivity index (χ0v) is 39.5. The van der Waals surface area contributed by atoms with Gasteiger partial charge in [0.1, 0.15) is 54.9 Å². The Labute approximate surface area is 385 Å². The molecule has 0 aromatic rings. The highest BCUT2D eigenvalue weighted by Gasteiger charge is 2.47. The maximum atomic E-state index is 12.9. The number of esters is 1. The predicted octanol–water partition coefficient (Wildman–Crippen LogP) is 7.02. The van der Waals surface area contributed by atoms with E-state index in [0.29, 0.717) is 13.0 Å². The zero-order chi connectivity index (χ0) is 46.6. The first-order valence-corrected chi connectivity index (χ1v) is 25.1. The topological polar surface area (TPSA) is 214 Å². The van der Waals surface area contributed by atoms with Crippen molar-refractivity contribution in [3.8, 4) is 0 Å². The number of carbonyl (C=O) groups excluding carboxylic acids is 1. The summed E-state index contributed by atoms with van der Waals surface area (Å²) in [4.78, 5) is 12.9. The standard InChI is InChI=1S/C50H90O14/c1-3-5-7-9-11-13-15-16-17-18-19-20-21-22-23-24-26-28-30-32-34-59-36-39(62-42(52)33-31-29-27-25-14-12-10-8-6-4-2)37-60-49-48(58)46(56)44(54)41(64-49)38-61-50-47(57)45(55)43(53)40(35-51)63-50/h8,10-11,13,16-17,39-41,43-51,53-58H,3-7,9,12,14-15,18-38H2,1-2H3/b10-8-,13-11-,17-16-. The van der Waals surface area contributed by atoms with Gasteiger partial charge >= 0.3 is 5.97 Å². The highest BCUT2D eigenvalue weighted by atomic mass is 16.7. The summed E-state index contributed by atoms with van der Waals surface area (Å²) in [6.45, 7) is 3.58. The molecule has 11 unspecified atom stereocenters. The van der Waals surface area contributed by atoms with E-state index in [0.717, 1.165) is 70.6 Å². The first kappa shape index (κ1) is 58.3. The molecule has 11 atom stereocenters. The van der Waals surface area contributed by atoms with Gasteiger partial charge in [-0.15, -0.1) is 0 Å². The molecular formula is C50H90O14. The smallest absolute Gasteiger partial charge is 0.306 e. The molecule has 374 valence electrons. The van der Waals surface area contributed by atoms with E-state index < -0.39 is 80.7 Å². The van der Waals surface area contributed by atoms with Gasteiger partial charge in [-0.3, -0.25) is 4.79 Å². The summed E-state index contributed by atoms with van der Waals surface area (Å²) in [5.74, 6) is -0.389. The second-order valence-electron chi connectivity index (χ2n) is 17.6. The largest absolute Gasteiger partial charge is 0.457 e. The Morgan fingerprint density at radius 1 is 0.516 bits per heavy atom. The first-order chi connectivity index (χ1) is 31.1. The van der Waals surface area contributed by atoms with Crippen LogP contribution in [0.15, 0.2) is 36.5 Å². The third-order valence-electron chi connectivity index (χ3n) is 11.9. The van der Waals surface area contributed by atoms with E-state index in [2.05, 4.69) is 50.3 Å². The minimum absolute atomic E-state index is 0.0564. The van der Waals surface area contributed by atoms with Crippen molar-refractivity contribution in [3.05, 3.63) is 36.5 Å². The van der Waals surface area contributed by atoms with Crippen molar-refractivity contribution >= 4 is 5.97 Å². The summed E-state index contributed by atoms with van der Waals surface area (Å²) in [5.41, 5.74) is 0. The Balaban J connectivity index is 1.74. The maximum Gasteiger partial charge on any atom is 0.306 e. The number of hydrogen-bond acceptors (Lipinski definition) is 14. The van der Waals surface area contributed by atoms with Crippen molar-refractivity contribution in [2.45, 2.75) is 242 Å². The van der Waals surface area contributed by atoms with Crippen molar-refractivity contribution in [2.24, 2.45) is 0 Å². The van der Waals surface area contributed by atoms with Crippen LogP contribution in [0.3, 0.4) is 0 Å². The van der Waals surface area contributed by atoms with Gasteiger partial charge in [-0.1, -0.05) is 140 Å². The van der Waals surface area contributed by atoms with Crippen LogP contribution in [0.1, 0.15) is 174 Å². The van der Waals surface area contributed by atoms with E-state index in [1.165, 1.54) is 77.0 Å². The number of rotatable bonds is 39. The van der Waals surface area contributed by atoms with E-state index in [9.17, 15) is 40.5 Å². The monoisotopic (exact) mass is 915 g/mol. The Kier molecular flexibility index (Phi) is 34.8. The molecule has 64 heavy (non-hydrogen) atoms. The Bertz CT molecular complexity index is 1200. The normalized spacial score (nSPS) is 27.0. The van der Waals surface area contributed by atoms with E-state index in [1.807, 2.05) is 0 Å². The van der Waals surface area contributed by atoms with Gasteiger partial charge in [0.15, 0.2) is 12.6 Å². The molecule has 0 spiro atoms. The van der Waals surface area contributed by atoms with Crippen LogP contribution in [0.2, 0.25) is 0 Å². The quantitative estimate of drug-likeness (QED) is 0.0188. The highest BCUT2D eigenvalue weighted by Crippen LogP contribution is 2.26. The second-order valence-corrected chi connectivity index (χ2v) is 17.6. The fourth-order valence-corrected chi connectivity index (χ4v) is 7.73. The number of ether oxygens (including phenoxy) is 6. The van der Waals surface area contributed by atoms with Gasteiger partial charge in [0.25, 0.3) is 0 Å². The van der Waals surface area contributed by atoms with Gasteiger partial charge in [-0.25, -0.2) is 0 Å². The number of hydrogen-bond donors (Lipinski definition) is 7. The van der Waals surface area contributed by atoms with Crippen molar-refractivity contribution in [3.63, 3.8) is 0 Å². The predicted molar refractivity (Wildman–Crippen MR) is 247 cm³/mol. The number of carbonyl (C=O) groups is 1. The fourth-order valence-electron chi connectivity index (χ4n) is 7.73. The van der Waals surface area contributed by atoms with Crippen LogP contribution >= 0.6 is 0 Å². The van der Waals surface area contributed by atoms with Crippen molar-refractivity contribution in [2.75, 3.05) is 33.0 Å². The molecule has 2 rings (SSSR count). The number of aliphatic hydroxyl groups excluding tert-OH is 7. The third-order valence-corrected chi connectivity index (χ3v) is 11.9. The minimum atomic E-state index is -1.71. The summed E-state index contributed by atoms with van der Waals surface area (Å²) in [5, 5.41) is 72.0. The summed E-state index contributed by atoms with van der Waals surface area (Å²) < 4.78 is 34.2. The molecule has 14 heteroatoms. The molecule has 14 nitrogen and oxygen atoms in total. The van der Waals surface area contributed by atoms with Crippen LogP contribution in [0, 0.1) is 0 Å². The molecule has 2 aliphatic rings. The lowest BCUT2D eigenvalue weighted by Gasteiger charge is -2.42. The van der Waals surface area contributed by atoms with Gasteiger partial charge in [0.05, 0.1) is 26.4 Å². The van der Waals surface area contributed by atoms with Crippen LogP contribution in [0.25, 0.3) is 0 Å². The first-order valence-electron chi connectivity index (χ1n) is 25.1. The third kappa shape index (κ3) is 25.9. The number of aliphatic hydroxyl groups is 7. The molecule has 2 heterocycles. The molecular weight excluding hydrogens is 825 g/mol. The van der Waals surface area contributed by atoms with Crippen LogP contribution in [-0.2, 0) is 33.2 Å². The van der Waals surface area contributed by atoms with E-state index in [-0.39, 0.29) is 25.6 Å². The summed E-state index contributed by atoms with van der Waals surface area (Å²) in [7, 11) is 0. The van der Waals surface area contributed by atoms with Crippen LogP contribution < -0.4 is 0 Å². The van der Waals surface area contributed by atoms with E-state index >= 15 is 0 Å². The van der Waals surface area contributed by atoms with Crippen molar-refractivity contribution in [1.82, 2.24) is 0 Å². The molecule has 2 fully saturated rings. The molecule has 0 radical (unpaired) electrons. The lowest BCUT2D eigenvalue weighted by molar-refractivity contribution is -0.332. The van der Waals surface area contributed by atoms with Crippen LogP contribution in [0.5, 0.6) is 0 Å². The van der Waals surface area contributed by atoms with Crippen molar-refractivity contribution in [1.29, 1.82) is 0 Å². The number of unbranched alkanes of at least 4 members (excludes halogenated alkanes) is 19. The molecule has 0 aliphatic carbocycles. The lowest BCUT2D eigenvalue weighted by atomic mass is 9.98. The molecule has 0 saturated carbocycles.